The summed E-state index contributed by atoms with van der Waals surface area (Å²) in [5.41, 5.74) is 26.7. The molecule has 1 aliphatic rings. The van der Waals surface area contributed by atoms with E-state index in [9.17, 15) is 9.59 Å². The molecule has 0 fully saturated rings. The number of hydrogen-bond donors (Lipinski definition) is 2. The van der Waals surface area contributed by atoms with Crippen molar-refractivity contribution < 1.29 is 9.59 Å². The molecule has 2 amide bonds. The Balaban J connectivity index is 1.92. The standard InChI is InChI=1S/C39H44N2O2/c1-20(2)30-16-25(17-31(21(3)4)36(30)38(40)42)28-13-14-29-27-12-10-9-11-24(27)15-34(29)35(28)26-18-32(22(5)6)37(39(41)43)33(19-26)23(7)8/h9-14,16-23H,15H2,1-8H3,(H2,40,42)(H2,41,43). The molecule has 222 valence electrons. The van der Waals surface area contributed by atoms with Crippen LogP contribution in [0.15, 0.2) is 60.7 Å². The van der Waals surface area contributed by atoms with Crippen molar-refractivity contribution in [3.8, 4) is 33.4 Å². The summed E-state index contributed by atoms with van der Waals surface area (Å²) in [6.07, 6.45) is 0.827. The van der Waals surface area contributed by atoms with Crippen LogP contribution in [0, 0.1) is 0 Å². The molecule has 0 atom stereocenters. The van der Waals surface area contributed by atoms with Gasteiger partial charge in [0.1, 0.15) is 0 Å². The van der Waals surface area contributed by atoms with Crippen LogP contribution in [-0.4, -0.2) is 11.8 Å². The smallest absolute Gasteiger partial charge is 0.249 e. The molecule has 1 aliphatic carbocycles. The summed E-state index contributed by atoms with van der Waals surface area (Å²) in [4.78, 5) is 25.5. The summed E-state index contributed by atoms with van der Waals surface area (Å²) in [5, 5.41) is 0. The fraction of sp³-hybridized carbons (Fsp3) is 0.333. The molecule has 4 N–H and O–H groups in total. The maximum atomic E-state index is 12.8. The third kappa shape index (κ3) is 5.29. The maximum Gasteiger partial charge on any atom is 0.249 e. The van der Waals surface area contributed by atoms with Crippen LogP contribution in [0.1, 0.15) is 133 Å². The second kappa shape index (κ2) is 11.5. The summed E-state index contributed by atoms with van der Waals surface area (Å²) in [6.45, 7) is 16.9. The van der Waals surface area contributed by atoms with E-state index >= 15 is 0 Å². The van der Waals surface area contributed by atoms with Crippen molar-refractivity contribution in [3.63, 3.8) is 0 Å². The van der Waals surface area contributed by atoms with Crippen molar-refractivity contribution in [2.75, 3.05) is 0 Å². The summed E-state index contributed by atoms with van der Waals surface area (Å²) < 4.78 is 0. The quantitative estimate of drug-likeness (QED) is 0.194. The highest BCUT2D eigenvalue weighted by molar-refractivity contribution is 6.01. The molecule has 4 aromatic rings. The number of hydrogen-bond acceptors (Lipinski definition) is 2. The Morgan fingerprint density at radius 1 is 0.558 bits per heavy atom. The highest BCUT2D eigenvalue weighted by Gasteiger charge is 2.28. The lowest BCUT2D eigenvalue weighted by Crippen LogP contribution is -2.18. The Kier molecular flexibility index (Phi) is 8.09. The van der Waals surface area contributed by atoms with Crippen LogP contribution in [0.4, 0.5) is 0 Å². The van der Waals surface area contributed by atoms with Crippen LogP contribution in [-0.2, 0) is 6.42 Å². The molecule has 0 saturated carbocycles. The maximum absolute atomic E-state index is 12.8. The Morgan fingerprint density at radius 3 is 1.42 bits per heavy atom. The fourth-order valence-corrected chi connectivity index (χ4v) is 6.85. The number of benzene rings is 4. The summed E-state index contributed by atoms with van der Waals surface area (Å²) in [5.74, 6) is -0.280. The summed E-state index contributed by atoms with van der Waals surface area (Å²) in [7, 11) is 0. The van der Waals surface area contributed by atoms with E-state index in [1.54, 1.807) is 0 Å². The molecule has 0 aromatic heterocycles. The van der Waals surface area contributed by atoms with Crippen LogP contribution >= 0.6 is 0 Å². The molecule has 43 heavy (non-hydrogen) atoms. The highest BCUT2D eigenvalue weighted by Crippen LogP contribution is 2.48. The molecule has 0 spiro atoms. The number of primary amides is 2. The van der Waals surface area contributed by atoms with E-state index in [-0.39, 0.29) is 35.5 Å². The molecule has 0 bridgehead atoms. The number of fused-ring (bicyclic) bond motifs is 3. The van der Waals surface area contributed by atoms with Gasteiger partial charge in [-0.15, -0.1) is 0 Å². The van der Waals surface area contributed by atoms with Gasteiger partial charge in [-0.3, -0.25) is 9.59 Å². The fourth-order valence-electron chi connectivity index (χ4n) is 6.85. The van der Waals surface area contributed by atoms with Gasteiger partial charge in [0.25, 0.3) is 0 Å². The molecule has 4 nitrogen and oxygen atoms in total. The molecule has 5 rings (SSSR count). The van der Waals surface area contributed by atoms with Gasteiger partial charge in [0, 0.05) is 11.1 Å². The minimum Gasteiger partial charge on any atom is -0.366 e. The monoisotopic (exact) mass is 572 g/mol. The molecule has 0 unspecified atom stereocenters. The topological polar surface area (TPSA) is 86.2 Å². The van der Waals surface area contributed by atoms with Gasteiger partial charge in [0.15, 0.2) is 0 Å². The predicted octanol–water partition coefficient (Wildman–Crippen LogP) is 9.28. The van der Waals surface area contributed by atoms with E-state index in [0.29, 0.717) is 11.1 Å². The molecular formula is C39H44N2O2. The van der Waals surface area contributed by atoms with Gasteiger partial charge in [-0.2, -0.15) is 0 Å². The molecule has 0 saturated heterocycles. The SMILES string of the molecule is CC(C)c1cc(-c2ccc3c(c2-c2cc(C(C)C)c(C(N)=O)c(C(C)C)c2)Cc2ccccc2-3)cc(C(C)C)c1C(N)=O. The lowest BCUT2D eigenvalue weighted by atomic mass is 9.80. The number of carbonyl (C=O) groups excluding carboxylic acids is 2. The van der Waals surface area contributed by atoms with E-state index in [1.165, 1.54) is 27.8 Å². The number of nitrogens with two attached hydrogens (primary N) is 2. The van der Waals surface area contributed by atoms with Crippen LogP contribution < -0.4 is 11.5 Å². The first-order chi connectivity index (χ1) is 20.3. The van der Waals surface area contributed by atoms with Crippen molar-refractivity contribution >= 4 is 11.8 Å². The average Bonchev–Trinajstić information content (AvgIpc) is 3.33. The lowest BCUT2D eigenvalue weighted by molar-refractivity contribution is 0.0989. The largest absolute Gasteiger partial charge is 0.366 e. The molecule has 4 heteroatoms. The highest BCUT2D eigenvalue weighted by atomic mass is 16.1. The predicted molar refractivity (Wildman–Crippen MR) is 179 cm³/mol. The zero-order chi connectivity index (χ0) is 31.3. The molecule has 4 aromatic carbocycles. The first kappa shape index (κ1) is 30.3. The van der Waals surface area contributed by atoms with E-state index < -0.39 is 0 Å². The molecular weight excluding hydrogens is 528 g/mol. The third-order valence-electron chi connectivity index (χ3n) is 8.97. The molecule has 0 aliphatic heterocycles. The van der Waals surface area contributed by atoms with Crippen molar-refractivity contribution in [3.05, 3.63) is 105 Å². The number of carbonyl (C=O) groups is 2. The average molecular weight is 573 g/mol. The van der Waals surface area contributed by atoms with E-state index in [0.717, 1.165) is 45.4 Å². The van der Waals surface area contributed by atoms with Crippen molar-refractivity contribution in [1.29, 1.82) is 0 Å². The number of amides is 2. The van der Waals surface area contributed by atoms with Gasteiger partial charge in [-0.1, -0.05) is 116 Å². The normalized spacial score (nSPS) is 12.4. The van der Waals surface area contributed by atoms with E-state index in [1.807, 2.05) is 0 Å². The Morgan fingerprint density at radius 2 is 0.977 bits per heavy atom. The molecule has 0 heterocycles. The zero-order valence-electron chi connectivity index (χ0n) is 26.8. The van der Waals surface area contributed by atoms with Crippen LogP contribution in [0.25, 0.3) is 33.4 Å². The molecule has 0 radical (unpaired) electrons. The lowest BCUT2D eigenvalue weighted by Gasteiger charge is -2.24. The van der Waals surface area contributed by atoms with Gasteiger partial charge in [-0.25, -0.2) is 0 Å². The second-order valence-corrected chi connectivity index (χ2v) is 13.3. The second-order valence-electron chi connectivity index (χ2n) is 13.3. The Hall–Kier alpha value is -4.18. The third-order valence-corrected chi connectivity index (χ3v) is 8.97. The number of rotatable bonds is 8. The van der Waals surface area contributed by atoms with Gasteiger partial charge in [0.05, 0.1) is 0 Å². The van der Waals surface area contributed by atoms with E-state index in [4.69, 9.17) is 11.5 Å². The van der Waals surface area contributed by atoms with Crippen molar-refractivity contribution in [2.45, 2.75) is 85.5 Å². The van der Waals surface area contributed by atoms with Crippen LogP contribution in [0.3, 0.4) is 0 Å². The van der Waals surface area contributed by atoms with Crippen LogP contribution in [0.5, 0.6) is 0 Å². The first-order valence-corrected chi connectivity index (χ1v) is 15.5. The van der Waals surface area contributed by atoms with Gasteiger partial charge >= 0.3 is 0 Å². The van der Waals surface area contributed by atoms with Gasteiger partial charge in [0.2, 0.25) is 11.8 Å². The van der Waals surface area contributed by atoms with Crippen LogP contribution in [0.2, 0.25) is 0 Å². The summed E-state index contributed by atoms with van der Waals surface area (Å²) in [6, 6.07) is 21.8. The summed E-state index contributed by atoms with van der Waals surface area (Å²) >= 11 is 0. The zero-order valence-corrected chi connectivity index (χ0v) is 26.8. The van der Waals surface area contributed by atoms with Crippen molar-refractivity contribution in [2.24, 2.45) is 11.5 Å². The van der Waals surface area contributed by atoms with E-state index in [2.05, 4.69) is 116 Å². The Bertz CT molecular complexity index is 1700. The van der Waals surface area contributed by atoms with Crippen molar-refractivity contribution in [1.82, 2.24) is 0 Å². The Labute approximate surface area is 256 Å². The minimum atomic E-state index is -0.381. The van der Waals surface area contributed by atoms with Gasteiger partial charge in [-0.05, 0) is 96.9 Å². The first-order valence-electron chi connectivity index (χ1n) is 15.5. The van der Waals surface area contributed by atoms with Gasteiger partial charge < -0.3 is 11.5 Å². The minimum absolute atomic E-state index is 0.118.